The number of fused-ring (bicyclic) bond motifs is 1. The molecule has 0 fully saturated rings. The quantitative estimate of drug-likeness (QED) is 0.500. The molecule has 0 saturated heterocycles. The van der Waals surface area contributed by atoms with E-state index >= 15 is 0 Å². The van der Waals surface area contributed by atoms with Crippen molar-refractivity contribution in [2.75, 3.05) is 5.32 Å². The van der Waals surface area contributed by atoms with Crippen molar-refractivity contribution in [2.45, 2.75) is 13.5 Å². The molecule has 1 heterocycles. The second kappa shape index (κ2) is 7.99. The molecule has 0 unspecified atom stereocenters. The molecule has 1 aromatic heterocycles. The van der Waals surface area contributed by atoms with E-state index in [1.165, 1.54) is 6.08 Å². The van der Waals surface area contributed by atoms with Crippen LogP contribution in [0.5, 0.6) is 0 Å². The predicted molar refractivity (Wildman–Crippen MR) is 108 cm³/mol. The summed E-state index contributed by atoms with van der Waals surface area (Å²) < 4.78 is 1.57. The summed E-state index contributed by atoms with van der Waals surface area (Å²) in [5.74, 6) is -1.55. The Morgan fingerprint density at radius 2 is 2.04 bits per heavy atom. The molecule has 28 heavy (non-hydrogen) atoms. The Morgan fingerprint density at radius 1 is 1.29 bits per heavy atom. The fourth-order valence-corrected chi connectivity index (χ4v) is 3.02. The molecular formula is C21H16ClN3O3. The molecule has 3 rings (SSSR count). The third-order valence-electron chi connectivity index (χ3n) is 4.22. The number of aliphatic carboxylic acids is 1. The Balaban J connectivity index is 1.96. The van der Waals surface area contributed by atoms with E-state index in [1.807, 2.05) is 25.1 Å². The van der Waals surface area contributed by atoms with Gasteiger partial charge in [0.15, 0.2) is 0 Å². The van der Waals surface area contributed by atoms with Crippen molar-refractivity contribution in [3.8, 4) is 6.07 Å². The van der Waals surface area contributed by atoms with Crippen molar-refractivity contribution in [3.63, 3.8) is 0 Å². The zero-order valence-electron chi connectivity index (χ0n) is 14.9. The lowest BCUT2D eigenvalue weighted by Gasteiger charge is -2.06. The number of nitrogens with one attached hydrogen (secondary N) is 1. The number of carboxylic acids is 1. The first-order chi connectivity index (χ1) is 13.4. The number of nitrogens with zero attached hydrogens (tertiary/aromatic N) is 2. The zero-order chi connectivity index (χ0) is 20.3. The summed E-state index contributed by atoms with van der Waals surface area (Å²) in [7, 11) is 0. The van der Waals surface area contributed by atoms with Crippen LogP contribution in [0.1, 0.15) is 11.1 Å². The van der Waals surface area contributed by atoms with Crippen LogP contribution in [-0.4, -0.2) is 21.6 Å². The average Bonchev–Trinajstić information content (AvgIpc) is 2.99. The molecule has 0 spiro atoms. The van der Waals surface area contributed by atoms with Gasteiger partial charge in [0, 0.05) is 33.4 Å². The van der Waals surface area contributed by atoms with E-state index in [-0.39, 0.29) is 12.1 Å². The van der Waals surface area contributed by atoms with Gasteiger partial charge in [0.05, 0.1) is 0 Å². The number of carbonyl (C=O) groups excluding carboxylic acids is 1. The molecule has 3 aromatic rings. The Labute approximate surface area is 166 Å². The van der Waals surface area contributed by atoms with E-state index in [1.54, 1.807) is 41.1 Å². The molecule has 0 aliphatic rings. The molecule has 1 amide bonds. The van der Waals surface area contributed by atoms with Gasteiger partial charge in [-0.2, -0.15) is 5.26 Å². The molecule has 2 N–H and O–H groups in total. The van der Waals surface area contributed by atoms with E-state index in [4.69, 9.17) is 16.7 Å². The highest BCUT2D eigenvalue weighted by atomic mass is 35.5. The summed E-state index contributed by atoms with van der Waals surface area (Å²) in [6.07, 6.45) is 3.07. The summed E-state index contributed by atoms with van der Waals surface area (Å²) >= 11 is 6.07. The van der Waals surface area contributed by atoms with Crippen molar-refractivity contribution in [2.24, 2.45) is 0 Å². The molecule has 0 bridgehead atoms. The van der Waals surface area contributed by atoms with Crippen LogP contribution in [0.2, 0.25) is 5.02 Å². The van der Waals surface area contributed by atoms with Crippen LogP contribution in [0, 0.1) is 18.3 Å². The van der Waals surface area contributed by atoms with Gasteiger partial charge >= 0.3 is 5.97 Å². The van der Waals surface area contributed by atoms with Gasteiger partial charge in [-0.15, -0.1) is 0 Å². The number of halogens is 1. The SMILES string of the molecule is Cc1ccc(NC(=O)/C(C#N)=C\c2cn(CC(=O)O)c3ccccc23)cc1Cl. The highest BCUT2D eigenvalue weighted by Crippen LogP contribution is 2.24. The van der Waals surface area contributed by atoms with E-state index in [9.17, 15) is 14.9 Å². The average molecular weight is 394 g/mol. The number of aryl methyl sites for hydroxylation is 1. The van der Waals surface area contributed by atoms with Crippen LogP contribution in [0.15, 0.2) is 54.2 Å². The number of hydrogen-bond acceptors (Lipinski definition) is 3. The number of carboxylic acid groups (broad SMARTS) is 1. The van der Waals surface area contributed by atoms with Crippen molar-refractivity contribution >= 4 is 46.1 Å². The number of para-hydroxylation sites is 1. The van der Waals surface area contributed by atoms with Gasteiger partial charge in [-0.05, 0) is 36.8 Å². The summed E-state index contributed by atoms with van der Waals surface area (Å²) in [6, 6.07) is 14.2. The van der Waals surface area contributed by atoms with Crippen LogP contribution < -0.4 is 5.32 Å². The molecule has 140 valence electrons. The maximum absolute atomic E-state index is 12.5. The normalized spacial score (nSPS) is 11.2. The maximum Gasteiger partial charge on any atom is 0.323 e. The lowest BCUT2D eigenvalue weighted by atomic mass is 10.1. The Hall–Kier alpha value is -3.56. The highest BCUT2D eigenvalue weighted by molar-refractivity contribution is 6.31. The number of hydrogen-bond donors (Lipinski definition) is 2. The van der Waals surface area contributed by atoms with Crippen LogP contribution in [0.4, 0.5) is 5.69 Å². The van der Waals surface area contributed by atoms with Gasteiger partial charge in [0.1, 0.15) is 18.2 Å². The zero-order valence-corrected chi connectivity index (χ0v) is 15.7. The summed E-state index contributed by atoms with van der Waals surface area (Å²) in [5.41, 5.74) is 2.55. The molecule has 0 aliphatic heterocycles. The minimum Gasteiger partial charge on any atom is -0.480 e. The molecule has 2 aromatic carbocycles. The molecule has 6 nitrogen and oxygen atoms in total. The first-order valence-corrected chi connectivity index (χ1v) is 8.76. The lowest BCUT2D eigenvalue weighted by molar-refractivity contribution is -0.137. The van der Waals surface area contributed by atoms with Crippen molar-refractivity contribution in [1.29, 1.82) is 5.26 Å². The van der Waals surface area contributed by atoms with Crippen molar-refractivity contribution in [3.05, 3.63) is 70.4 Å². The first-order valence-electron chi connectivity index (χ1n) is 8.38. The summed E-state index contributed by atoms with van der Waals surface area (Å²) in [6.45, 7) is 1.63. The summed E-state index contributed by atoms with van der Waals surface area (Å²) in [4.78, 5) is 23.6. The number of amides is 1. The number of aromatic nitrogens is 1. The number of benzene rings is 2. The van der Waals surface area contributed by atoms with E-state index < -0.39 is 11.9 Å². The second-order valence-electron chi connectivity index (χ2n) is 6.21. The molecular weight excluding hydrogens is 378 g/mol. The van der Waals surface area contributed by atoms with Crippen LogP contribution in [-0.2, 0) is 16.1 Å². The van der Waals surface area contributed by atoms with Gasteiger partial charge in [-0.3, -0.25) is 9.59 Å². The number of nitriles is 1. The van der Waals surface area contributed by atoms with Gasteiger partial charge in [0.2, 0.25) is 0 Å². The fraction of sp³-hybridized carbons (Fsp3) is 0.0952. The third-order valence-corrected chi connectivity index (χ3v) is 4.63. The number of anilines is 1. The van der Waals surface area contributed by atoms with Crippen molar-refractivity contribution < 1.29 is 14.7 Å². The smallest absolute Gasteiger partial charge is 0.323 e. The standard InChI is InChI=1S/C21H16ClN3O3/c1-13-6-7-16(9-18(13)22)24-21(28)14(10-23)8-15-11-25(12-20(26)27)19-5-3-2-4-17(15)19/h2-9,11H,12H2,1H3,(H,24,28)(H,26,27)/b14-8-. The molecule has 0 radical (unpaired) electrons. The topological polar surface area (TPSA) is 95.1 Å². The minimum atomic E-state index is -0.981. The third kappa shape index (κ3) is 4.05. The first kappa shape index (κ1) is 19.2. The van der Waals surface area contributed by atoms with Gasteiger partial charge in [0.25, 0.3) is 5.91 Å². The van der Waals surface area contributed by atoms with E-state index in [2.05, 4.69) is 5.32 Å². The molecule has 7 heteroatoms. The summed E-state index contributed by atoms with van der Waals surface area (Å²) in [5, 5.41) is 22.5. The molecule has 0 saturated carbocycles. The fourth-order valence-electron chi connectivity index (χ4n) is 2.84. The number of carbonyl (C=O) groups is 2. The van der Waals surface area contributed by atoms with Crippen LogP contribution in [0.25, 0.3) is 17.0 Å². The predicted octanol–water partition coefficient (Wildman–Crippen LogP) is 4.23. The van der Waals surface area contributed by atoms with E-state index in [0.717, 1.165) is 10.9 Å². The Morgan fingerprint density at radius 3 is 2.71 bits per heavy atom. The monoisotopic (exact) mass is 393 g/mol. The van der Waals surface area contributed by atoms with E-state index in [0.29, 0.717) is 21.8 Å². The minimum absolute atomic E-state index is 0.102. The Kier molecular flexibility index (Phi) is 5.48. The van der Waals surface area contributed by atoms with Gasteiger partial charge in [-0.25, -0.2) is 0 Å². The lowest BCUT2D eigenvalue weighted by Crippen LogP contribution is -2.13. The highest BCUT2D eigenvalue weighted by Gasteiger charge is 2.14. The molecule has 0 aliphatic carbocycles. The largest absolute Gasteiger partial charge is 0.480 e. The number of rotatable bonds is 5. The van der Waals surface area contributed by atoms with Crippen LogP contribution >= 0.6 is 11.6 Å². The van der Waals surface area contributed by atoms with Crippen LogP contribution in [0.3, 0.4) is 0 Å². The Bertz CT molecular complexity index is 1160. The van der Waals surface area contributed by atoms with Gasteiger partial charge in [-0.1, -0.05) is 35.9 Å². The van der Waals surface area contributed by atoms with Crippen molar-refractivity contribution in [1.82, 2.24) is 4.57 Å². The second-order valence-corrected chi connectivity index (χ2v) is 6.62. The maximum atomic E-state index is 12.5. The van der Waals surface area contributed by atoms with Gasteiger partial charge < -0.3 is 15.0 Å². The molecule has 0 atom stereocenters.